The van der Waals surface area contributed by atoms with Crippen molar-refractivity contribution in [1.29, 1.82) is 0 Å². The summed E-state index contributed by atoms with van der Waals surface area (Å²) < 4.78 is 3.53. The Morgan fingerprint density at radius 2 is 1.97 bits per heavy atom. The van der Waals surface area contributed by atoms with Gasteiger partial charge in [0, 0.05) is 35.8 Å². The first-order chi connectivity index (χ1) is 16.5. The molecule has 0 radical (unpaired) electrons. The van der Waals surface area contributed by atoms with Crippen LogP contribution in [0.1, 0.15) is 24.1 Å². The van der Waals surface area contributed by atoms with Crippen molar-refractivity contribution in [3.63, 3.8) is 0 Å². The van der Waals surface area contributed by atoms with Crippen LogP contribution in [0.4, 0.5) is 22.1 Å². The standard InChI is InChI=1S/C23H21N9O2/c1-13-17(11-18-22(33)29-23(34)27-18)21-28-19(12-20(32(21)30-13)26-15-3-4-15)25-14-5-7-16(8-6-14)31-10-2-9-24-31/h2,5-12,15,26H,3-4H2,1H3,(H,25,28)(H2,27,29,33,34)/b18-11+. The molecule has 0 bridgehead atoms. The molecule has 3 aromatic heterocycles. The van der Waals surface area contributed by atoms with Gasteiger partial charge in [0.2, 0.25) is 0 Å². The molecule has 2 fully saturated rings. The van der Waals surface area contributed by atoms with E-state index in [-0.39, 0.29) is 5.70 Å². The van der Waals surface area contributed by atoms with Crippen molar-refractivity contribution in [2.75, 3.05) is 10.6 Å². The minimum absolute atomic E-state index is 0.161. The summed E-state index contributed by atoms with van der Waals surface area (Å²) in [6, 6.07) is 11.5. The van der Waals surface area contributed by atoms with Gasteiger partial charge in [0.25, 0.3) is 5.91 Å². The summed E-state index contributed by atoms with van der Waals surface area (Å²) in [5, 5.41) is 20.5. The van der Waals surface area contributed by atoms with Crippen LogP contribution in [0.25, 0.3) is 17.4 Å². The number of rotatable bonds is 6. The van der Waals surface area contributed by atoms with Crippen molar-refractivity contribution in [2.24, 2.45) is 0 Å². The van der Waals surface area contributed by atoms with Crippen LogP contribution in [0.15, 0.2) is 54.5 Å². The van der Waals surface area contributed by atoms with E-state index in [2.05, 4.69) is 31.5 Å². The molecule has 1 saturated carbocycles. The summed E-state index contributed by atoms with van der Waals surface area (Å²) >= 11 is 0. The number of hydrogen-bond acceptors (Lipinski definition) is 7. The van der Waals surface area contributed by atoms with Crippen LogP contribution in [-0.4, -0.2) is 42.4 Å². The second-order valence-electron chi connectivity index (χ2n) is 8.27. The molecule has 4 heterocycles. The van der Waals surface area contributed by atoms with Crippen molar-refractivity contribution >= 4 is 41.0 Å². The molecule has 3 amide bonds. The highest BCUT2D eigenvalue weighted by Gasteiger charge is 2.26. The Labute approximate surface area is 193 Å². The lowest BCUT2D eigenvalue weighted by molar-refractivity contribution is -0.115. The van der Waals surface area contributed by atoms with Crippen molar-refractivity contribution in [1.82, 2.24) is 35.0 Å². The minimum atomic E-state index is -0.546. The smallest absolute Gasteiger partial charge is 0.326 e. The Kier molecular flexibility index (Phi) is 4.54. The molecule has 1 aromatic carbocycles. The number of aromatic nitrogens is 5. The zero-order valence-electron chi connectivity index (χ0n) is 18.2. The Bertz CT molecular complexity index is 1450. The molecule has 0 spiro atoms. The van der Waals surface area contributed by atoms with E-state index in [1.54, 1.807) is 21.5 Å². The number of fused-ring (bicyclic) bond motifs is 1. The van der Waals surface area contributed by atoms with E-state index in [1.165, 1.54) is 0 Å². The van der Waals surface area contributed by atoms with Crippen LogP contribution in [0.3, 0.4) is 0 Å². The molecule has 6 rings (SSSR count). The van der Waals surface area contributed by atoms with Gasteiger partial charge < -0.3 is 16.0 Å². The normalized spacial score (nSPS) is 16.7. The maximum atomic E-state index is 12.1. The summed E-state index contributed by atoms with van der Waals surface area (Å²) in [6.07, 6.45) is 7.43. The highest BCUT2D eigenvalue weighted by atomic mass is 16.2. The van der Waals surface area contributed by atoms with Crippen LogP contribution >= 0.6 is 0 Å². The number of benzene rings is 1. The number of urea groups is 1. The highest BCUT2D eigenvalue weighted by Crippen LogP contribution is 2.29. The number of carbonyl (C=O) groups is 2. The Morgan fingerprint density at radius 3 is 2.65 bits per heavy atom. The Balaban J connectivity index is 1.39. The average molecular weight is 455 g/mol. The van der Waals surface area contributed by atoms with Gasteiger partial charge in [-0.15, -0.1) is 0 Å². The first-order valence-corrected chi connectivity index (χ1v) is 10.9. The zero-order valence-corrected chi connectivity index (χ0v) is 18.2. The second kappa shape index (κ2) is 7.73. The Hall–Kier alpha value is -4.67. The monoisotopic (exact) mass is 455 g/mol. The third kappa shape index (κ3) is 3.72. The third-order valence-corrected chi connectivity index (χ3v) is 5.66. The molecule has 170 valence electrons. The molecule has 2 aliphatic rings. The highest BCUT2D eigenvalue weighted by molar-refractivity contribution is 6.14. The number of anilines is 3. The number of imide groups is 1. The maximum absolute atomic E-state index is 12.1. The van der Waals surface area contributed by atoms with Gasteiger partial charge >= 0.3 is 6.03 Å². The van der Waals surface area contributed by atoms with Gasteiger partial charge in [0.1, 0.15) is 17.3 Å². The first kappa shape index (κ1) is 20.0. The van der Waals surface area contributed by atoms with Gasteiger partial charge in [-0.25, -0.2) is 14.5 Å². The molecule has 11 heteroatoms. The van der Waals surface area contributed by atoms with Gasteiger partial charge in [0.05, 0.1) is 11.4 Å². The van der Waals surface area contributed by atoms with E-state index < -0.39 is 11.9 Å². The van der Waals surface area contributed by atoms with E-state index in [4.69, 9.17) is 4.98 Å². The van der Waals surface area contributed by atoms with E-state index in [9.17, 15) is 9.59 Å². The minimum Gasteiger partial charge on any atom is -0.367 e. The Morgan fingerprint density at radius 1 is 1.15 bits per heavy atom. The average Bonchev–Trinajstić information content (AvgIpc) is 3.20. The van der Waals surface area contributed by atoms with Gasteiger partial charge in [-0.1, -0.05) is 0 Å². The van der Waals surface area contributed by atoms with Crippen molar-refractivity contribution in [2.45, 2.75) is 25.8 Å². The molecule has 0 atom stereocenters. The number of carbonyl (C=O) groups excluding carboxylic acids is 2. The van der Waals surface area contributed by atoms with Crippen molar-refractivity contribution < 1.29 is 9.59 Å². The lowest BCUT2D eigenvalue weighted by Gasteiger charge is -2.12. The number of hydrogen-bond donors (Lipinski definition) is 4. The molecule has 0 unspecified atom stereocenters. The predicted molar refractivity (Wildman–Crippen MR) is 126 cm³/mol. The van der Waals surface area contributed by atoms with E-state index in [0.717, 1.165) is 30.0 Å². The topological polar surface area (TPSA) is 130 Å². The van der Waals surface area contributed by atoms with Crippen LogP contribution in [0.5, 0.6) is 0 Å². The van der Waals surface area contributed by atoms with Crippen molar-refractivity contribution in [3.8, 4) is 5.69 Å². The van der Waals surface area contributed by atoms with Gasteiger partial charge in [0.15, 0.2) is 5.65 Å². The fourth-order valence-electron chi connectivity index (χ4n) is 3.81. The van der Waals surface area contributed by atoms with E-state index >= 15 is 0 Å². The van der Waals surface area contributed by atoms with E-state index in [1.807, 2.05) is 49.5 Å². The van der Waals surface area contributed by atoms with Crippen LogP contribution in [0, 0.1) is 6.92 Å². The number of amides is 3. The molecule has 1 saturated heterocycles. The third-order valence-electron chi connectivity index (χ3n) is 5.66. The summed E-state index contributed by atoms with van der Waals surface area (Å²) in [7, 11) is 0. The molecule has 1 aliphatic carbocycles. The molecule has 34 heavy (non-hydrogen) atoms. The lowest BCUT2D eigenvalue weighted by Crippen LogP contribution is -2.22. The molecule has 4 aromatic rings. The van der Waals surface area contributed by atoms with Crippen molar-refractivity contribution in [3.05, 3.63) is 65.7 Å². The quantitative estimate of drug-likeness (QED) is 0.260. The number of aryl methyl sites for hydroxylation is 1. The fourth-order valence-corrected chi connectivity index (χ4v) is 3.81. The SMILES string of the molecule is Cc1nn2c(NC3CC3)cc(Nc3ccc(-n4cccn4)cc3)nc2c1/C=C1/NC(=O)NC1=O. The van der Waals surface area contributed by atoms with Gasteiger partial charge in [-0.05, 0) is 56.2 Å². The summed E-state index contributed by atoms with van der Waals surface area (Å²) in [4.78, 5) is 28.4. The summed E-state index contributed by atoms with van der Waals surface area (Å²) in [5.41, 5.74) is 3.89. The van der Waals surface area contributed by atoms with E-state index in [0.29, 0.717) is 28.8 Å². The second-order valence-corrected chi connectivity index (χ2v) is 8.27. The predicted octanol–water partition coefficient (Wildman–Crippen LogP) is 2.72. The summed E-state index contributed by atoms with van der Waals surface area (Å²) in [5.74, 6) is 0.949. The van der Waals surface area contributed by atoms with Crippen LogP contribution in [-0.2, 0) is 4.79 Å². The van der Waals surface area contributed by atoms with Gasteiger partial charge in [-0.3, -0.25) is 10.1 Å². The molecular formula is C23H21N9O2. The van der Waals surface area contributed by atoms with Gasteiger partial charge in [-0.2, -0.15) is 14.7 Å². The number of nitrogens with zero attached hydrogens (tertiary/aromatic N) is 5. The summed E-state index contributed by atoms with van der Waals surface area (Å²) in [6.45, 7) is 1.85. The zero-order chi connectivity index (χ0) is 23.2. The largest absolute Gasteiger partial charge is 0.367 e. The molecule has 1 aliphatic heterocycles. The molecule has 11 nitrogen and oxygen atoms in total. The fraction of sp³-hybridized carbons (Fsp3) is 0.174. The molecule has 4 N–H and O–H groups in total. The van der Waals surface area contributed by atoms with Crippen LogP contribution in [0.2, 0.25) is 0 Å². The first-order valence-electron chi connectivity index (χ1n) is 10.9. The number of nitrogens with one attached hydrogen (secondary N) is 4. The maximum Gasteiger partial charge on any atom is 0.326 e. The molecular weight excluding hydrogens is 434 g/mol. The van der Waals surface area contributed by atoms with Crippen LogP contribution < -0.4 is 21.3 Å². The lowest BCUT2D eigenvalue weighted by atomic mass is 10.2.